The molecule has 0 saturated heterocycles. The van der Waals surface area contributed by atoms with Crippen LogP contribution in [0.3, 0.4) is 0 Å². The molecule has 0 unspecified atom stereocenters. The number of halogens is 1. The van der Waals surface area contributed by atoms with Gasteiger partial charge < -0.3 is 10.1 Å². The number of hydrogen-bond donors (Lipinski definition) is 1. The van der Waals surface area contributed by atoms with Crippen molar-refractivity contribution in [1.82, 2.24) is 15.1 Å². The Balaban J connectivity index is 2.40. The van der Waals surface area contributed by atoms with Gasteiger partial charge in [-0.15, -0.1) is 0 Å². The molecule has 1 rings (SSSR count). The number of hydrogen-bond acceptors (Lipinski definition) is 4. The molecule has 0 bridgehead atoms. The predicted molar refractivity (Wildman–Crippen MR) is 70.6 cm³/mol. The van der Waals surface area contributed by atoms with E-state index in [1.165, 1.54) is 0 Å². The maximum Gasteiger partial charge on any atom is 0.307 e. The lowest BCUT2D eigenvalue weighted by atomic mass is 10.3. The van der Waals surface area contributed by atoms with Crippen LogP contribution in [0.5, 0.6) is 0 Å². The van der Waals surface area contributed by atoms with E-state index in [4.69, 9.17) is 16.3 Å². The lowest BCUT2D eigenvalue weighted by Gasteiger charge is -2.05. The van der Waals surface area contributed by atoms with Gasteiger partial charge in [-0.3, -0.25) is 9.48 Å². The fourth-order valence-electron chi connectivity index (χ4n) is 1.64. The molecule has 1 heterocycles. The second-order valence-corrected chi connectivity index (χ2v) is 4.29. The van der Waals surface area contributed by atoms with E-state index in [0.717, 1.165) is 17.8 Å². The van der Waals surface area contributed by atoms with E-state index in [1.54, 1.807) is 11.6 Å². The number of nitrogens with zero attached hydrogens (tertiary/aromatic N) is 2. The molecule has 18 heavy (non-hydrogen) atoms. The lowest BCUT2D eigenvalue weighted by Crippen LogP contribution is -2.20. The molecule has 0 aliphatic carbocycles. The molecule has 0 amide bonds. The van der Waals surface area contributed by atoms with Gasteiger partial charge in [-0.25, -0.2) is 0 Å². The number of esters is 1. The number of aryl methyl sites for hydroxylation is 2. The van der Waals surface area contributed by atoms with Crippen LogP contribution < -0.4 is 5.32 Å². The Hall–Kier alpha value is -1.07. The van der Waals surface area contributed by atoms with Crippen LogP contribution >= 0.6 is 11.6 Å². The van der Waals surface area contributed by atoms with Crippen molar-refractivity contribution in [2.45, 2.75) is 33.2 Å². The number of carbonyl (C=O) groups excluding carboxylic acids is 1. The van der Waals surface area contributed by atoms with Gasteiger partial charge in [-0.05, 0) is 13.3 Å². The minimum absolute atomic E-state index is 0.185. The molecule has 0 spiro atoms. The van der Waals surface area contributed by atoms with Crippen LogP contribution in [0.15, 0.2) is 0 Å². The van der Waals surface area contributed by atoms with Crippen LogP contribution in [0.25, 0.3) is 0 Å². The number of nitrogens with one attached hydrogen (secondary N) is 1. The topological polar surface area (TPSA) is 56.1 Å². The maximum atomic E-state index is 11.1. The SMILES string of the molecule is CCOC(=O)CCNCc1c(Cl)c(CC)nn1C. The predicted octanol–water partition coefficient (Wildman–Crippen LogP) is 1.68. The molecular formula is C12H20ClN3O2. The largest absolute Gasteiger partial charge is 0.466 e. The number of rotatable bonds is 7. The van der Waals surface area contributed by atoms with E-state index >= 15 is 0 Å². The minimum Gasteiger partial charge on any atom is -0.466 e. The van der Waals surface area contributed by atoms with Gasteiger partial charge in [0.25, 0.3) is 0 Å². The summed E-state index contributed by atoms with van der Waals surface area (Å²) < 4.78 is 6.62. The van der Waals surface area contributed by atoms with Gasteiger partial charge in [0.2, 0.25) is 0 Å². The van der Waals surface area contributed by atoms with Gasteiger partial charge in [0.1, 0.15) is 0 Å². The Morgan fingerprint density at radius 3 is 2.78 bits per heavy atom. The van der Waals surface area contributed by atoms with Crippen LogP contribution in [0.4, 0.5) is 0 Å². The highest BCUT2D eigenvalue weighted by atomic mass is 35.5. The van der Waals surface area contributed by atoms with Crippen LogP contribution in [-0.2, 0) is 29.5 Å². The second kappa shape index (κ2) is 7.38. The summed E-state index contributed by atoms with van der Waals surface area (Å²) >= 11 is 6.21. The van der Waals surface area contributed by atoms with Gasteiger partial charge in [0, 0.05) is 20.1 Å². The highest BCUT2D eigenvalue weighted by Crippen LogP contribution is 2.20. The summed E-state index contributed by atoms with van der Waals surface area (Å²) in [6.07, 6.45) is 1.18. The minimum atomic E-state index is -0.185. The van der Waals surface area contributed by atoms with Crippen molar-refractivity contribution in [3.63, 3.8) is 0 Å². The van der Waals surface area contributed by atoms with E-state index in [-0.39, 0.29) is 5.97 Å². The molecule has 0 atom stereocenters. The molecule has 0 aliphatic heterocycles. The number of carbonyl (C=O) groups is 1. The molecule has 0 aromatic carbocycles. The molecule has 102 valence electrons. The molecule has 1 N–H and O–H groups in total. The van der Waals surface area contributed by atoms with Crippen molar-refractivity contribution in [1.29, 1.82) is 0 Å². The van der Waals surface area contributed by atoms with Crippen LogP contribution in [0.2, 0.25) is 5.02 Å². The summed E-state index contributed by atoms with van der Waals surface area (Å²) in [5.74, 6) is -0.185. The molecule has 0 saturated carbocycles. The van der Waals surface area contributed by atoms with Crippen molar-refractivity contribution < 1.29 is 9.53 Å². The average Bonchev–Trinajstić information content (AvgIpc) is 2.61. The average molecular weight is 274 g/mol. The zero-order valence-electron chi connectivity index (χ0n) is 11.1. The van der Waals surface area contributed by atoms with Gasteiger partial charge >= 0.3 is 5.97 Å². The third kappa shape index (κ3) is 3.99. The molecule has 1 aromatic rings. The summed E-state index contributed by atoms with van der Waals surface area (Å²) in [5.41, 5.74) is 1.85. The van der Waals surface area contributed by atoms with Crippen LogP contribution in [0, 0.1) is 0 Å². The highest BCUT2D eigenvalue weighted by molar-refractivity contribution is 6.31. The number of ether oxygens (including phenoxy) is 1. The second-order valence-electron chi connectivity index (χ2n) is 3.92. The van der Waals surface area contributed by atoms with Gasteiger partial charge in [0.15, 0.2) is 0 Å². The molecule has 5 nitrogen and oxygen atoms in total. The Kier molecular flexibility index (Phi) is 6.15. The smallest absolute Gasteiger partial charge is 0.307 e. The Bertz CT molecular complexity index is 404. The van der Waals surface area contributed by atoms with Gasteiger partial charge in [0.05, 0.1) is 29.4 Å². The lowest BCUT2D eigenvalue weighted by molar-refractivity contribution is -0.142. The van der Waals surface area contributed by atoms with Gasteiger partial charge in [-0.2, -0.15) is 5.10 Å². The third-order valence-corrected chi connectivity index (χ3v) is 3.04. The van der Waals surface area contributed by atoms with Gasteiger partial charge in [-0.1, -0.05) is 18.5 Å². The molecule has 0 aliphatic rings. The zero-order chi connectivity index (χ0) is 13.5. The van der Waals surface area contributed by atoms with E-state index in [0.29, 0.717) is 31.1 Å². The van der Waals surface area contributed by atoms with Crippen LogP contribution in [-0.4, -0.2) is 28.9 Å². The first kappa shape index (κ1) is 15.0. The normalized spacial score (nSPS) is 10.7. The summed E-state index contributed by atoms with van der Waals surface area (Å²) in [4.78, 5) is 11.1. The molecule has 0 fully saturated rings. The molecular weight excluding hydrogens is 254 g/mol. The standard InChI is InChI=1S/C12H20ClN3O2/c1-4-9-12(13)10(16(3)15-9)8-14-7-6-11(17)18-5-2/h14H,4-8H2,1-3H3. The first-order chi connectivity index (χ1) is 8.60. The van der Waals surface area contributed by atoms with E-state index in [9.17, 15) is 4.79 Å². The Labute approximate surface area is 112 Å². The molecule has 1 aromatic heterocycles. The van der Waals surface area contributed by atoms with Crippen molar-refractivity contribution in [3.05, 3.63) is 16.4 Å². The Morgan fingerprint density at radius 2 is 2.22 bits per heavy atom. The van der Waals surface area contributed by atoms with Crippen molar-refractivity contribution in [2.75, 3.05) is 13.2 Å². The van der Waals surface area contributed by atoms with E-state index in [1.807, 2.05) is 14.0 Å². The first-order valence-corrected chi connectivity index (χ1v) is 6.54. The summed E-state index contributed by atoms with van der Waals surface area (Å²) in [7, 11) is 1.87. The van der Waals surface area contributed by atoms with Crippen molar-refractivity contribution >= 4 is 17.6 Å². The summed E-state index contributed by atoms with van der Waals surface area (Å²) in [6.45, 7) is 5.41. The van der Waals surface area contributed by atoms with Crippen LogP contribution in [0.1, 0.15) is 31.7 Å². The fraction of sp³-hybridized carbons (Fsp3) is 0.667. The van der Waals surface area contributed by atoms with Crippen molar-refractivity contribution in [2.24, 2.45) is 7.05 Å². The maximum absolute atomic E-state index is 11.1. The first-order valence-electron chi connectivity index (χ1n) is 6.16. The highest BCUT2D eigenvalue weighted by Gasteiger charge is 2.12. The quantitative estimate of drug-likeness (QED) is 0.607. The van der Waals surface area contributed by atoms with Crippen molar-refractivity contribution in [3.8, 4) is 0 Å². The zero-order valence-corrected chi connectivity index (χ0v) is 11.9. The monoisotopic (exact) mass is 273 g/mol. The van der Waals surface area contributed by atoms with E-state index in [2.05, 4.69) is 10.4 Å². The third-order valence-electron chi connectivity index (χ3n) is 2.61. The fourth-order valence-corrected chi connectivity index (χ4v) is 2.00. The molecule has 6 heteroatoms. The summed E-state index contributed by atoms with van der Waals surface area (Å²) in [5, 5.41) is 8.20. The van der Waals surface area contributed by atoms with E-state index < -0.39 is 0 Å². The number of aromatic nitrogens is 2. The molecule has 0 radical (unpaired) electrons. The Morgan fingerprint density at radius 1 is 1.50 bits per heavy atom. The summed E-state index contributed by atoms with van der Waals surface area (Å²) in [6, 6.07) is 0.